The summed E-state index contributed by atoms with van der Waals surface area (Å²) in [6.45, 7) is 0.515. The van der Waals surface area contributed by atoms with Crippen LogP contribution in [0.2, 0.25) is 0 Å². The van der Waals surface area contributed by atoms with Gasteiger partial charge in [0, 0.05) is 12.5 Å². The van der Waals surface area contributed by atoms with E-state index in [1.54, 1.807) is 0 Å². The van der Waals surface area contributed by atoms with Crippen molar-refractivity contribution in [3.8, 4) is 0 Å². The third-order valence-corrected chi connectivity index (χ3v) is 3.36. The van der Waals surface area contributed by atoms with Gasteiger partial charge in [-0.25, -0.2) is 0 Å². The number of amides is 2. The zero-order valence-electron chi connectivity index (χ0n) is 7.81. The number of hydrogen-bond donors (Lipinski definition) is 2. The van der Waals surface area contributed by atoms with Crippen molar-refractivity contribution in [2.24, 2.45) is 5.92 Å². The van der Waals surface area contributed by atoms with Crippen LogP contribution in [0.15, 0.2) is 0 Å². The summed E-state index contributed by atoms with van der Waals surface area (Å²) >= 11 is 5.37. The maximum atomic E-state index is 11.3. The van der Waals surface area contributed by atoms with Crippen molar-refractivity contribution in [2.45, 2.75) is 24.8 Å². The van der Waals surface area contributed by atoms with E-state index in [0.717, 1.165) is 19.3 Å². The van der Waals surface area contributed by atoms with Crippen LogP contribution in [0, 0.1) is 5.92 Å². The van der Waals surface area contributed by atoms with Gasteiger partial charge in [-0.2, -0.15) is 0 Å². The van der Waals surface area contributed by atoms with Crippen LogP contribution in [0.1, 0.15) is 19.3 Å². The second kappa shape index (κ2) is 3.42. The Morgan fingerprint density at radius 1 is 1.71 bits per heavy atom. The van der Waals surface area contributed by atoms with Gasteiger partial charge in [0.25, 0.3) is 0 Å². The van der Waals surface area contributed by atoms with Crippen molar-refractivity contribution in [1.82, 2.24) is 10.6 Å². The zero-order chi connectivity index (χ0) is 10.2. The quantitative estimate of drug-likeness (QED) is 0.653. The molecular formula is C9H13ClN2O2. The molecule has 2 rings (SSSR count). The molecule has 2 bridgehead atoms. The average molecular weight is 217 g/mol. The van der Waals surface area contributed by atoms with Gasteiger partial charge in [0.15, 0.2) is 0 Å². The number of piperidine rings is 1. The van der Waals surface area contributed by atoms with Gasteiger partial charge in [-0.15, -0.1) is 11.6 Å². The molecule has 1 aliphatic carbocycles. The van der Waals surface area contributed by atoms with Crippen molar-refractivity contribution in [2.75, 3.05) is 12.4 Å². The highest BCUT2D eigenvalue weighted by atomic mass is 35.5. The van der Waals surface area contributed by atoms with Crippen molar-refractivity contribution in [3.63, 3.8) is 0 Å². The molecule has 1 heterocycles. The van der Waals surface area contributed by atoms with Gasteiger partial charge in [-0.3, -0.25) is 9.59 Å². The van der Waals surface area contributed by atoms with E-state index in [0.29, 0.717) is 6.54 Å². The number of hydrogen-bond acceptors (Lipinski definition) is 2. The van der Waals surface area contributed by atoms with Gasteiger partial charge in [-0.05, 0) is 19.3 Å². The number of carbonyl (C=O) groups is 2. The van der Waals surface area contributed by atoms with Crippen molar-refractivity contribution in [1.29, 1.82) is 0 Å². The van der Waals surface area contributed by atoms with Crippen LogP contribution in [0.4, 0.5) is 0 Å². The summed E-state index contributed by atoms with van der Waals surface area (Å²) in [7, 11) is 0. The van der Waals surface area contributed by atoms with E-state index in [1.807, 2.05) is 0 Å². The van der Waals surface area contributed by atoms with Gasteiger partial charge in [0.2, 0.25) is 11.8 Å². The highest BCUT2D eigenvalue weighted by molar-refractivity contribution is 6.27. The van der Waals surface area contributed by atoms with Crippen LogP contribution in [0.5, 0.6) is 0 Å². The Morgan fingerprint density at radius 2 is 2.50 bits per heavy atom. The fourth-order valence-corrected chi connectivity index (χ4v) is 2.44. The van der Waals surface area contributed by atoms with Crippen molar-refractivity contribution >= 4 is 23.4 Å². The third-order valence-electron chi connectivity index (χ3n) is 3.11. The van der Waals surface area contributed by atoms with Gasteiger partial charge in [0.1, 0.15) is 5.88 Å². The molecule has 2 atom stereocenters. The molecule has 2 aliphatic rings. The summed E-state index contributed by atoms with van der Waals surface area (Å²) in [6, 6.07) is 0. The molecule has 78 valence electrons. The molecule has 14 heavy (non-hydrogen) atoms. The van der Waals surface area contributed by atoms with E-state index in [1.165, 1.54) is 0 Å². The molecular weight excluding hydrogens is 204 g/mol. The molecule has 1 saturated carbocycles. The lowest BCUT2D eigenvalue weighted by molar-refractivity contribution is -0.124. The summed E-state index contributed by atoms with van der Waals surface area (Å²) in [5, 5.41) is 5.68. The Labute approximate surface area is 87.4 Å². The molecule has 1 saturated heterocycles. The monoisotopic (exact) mass is 216 g/mol. The van der Waals surface area contributed by atoms with E-state index in [4.69, 9.17) is 11.6 Å². The second-order valence-corrected chi connectivity index (χ2v) is 4.39. The highest BCUT2D eigenvalue weighted by Gasteiger charge is 2.49. The summed E-state index contributed by atoms with van der Waals surface area (Å²) < 4.78 is 0. The lowest BCUT2D eigenvalue weighted by Crippen LogP contribution is -2.51. The lowest BCUT2D eigenvalue weighted by Gasteiger charge is -2.27. The number of nitrogens with one attached hydrogen (secondary N) is 2. The van der Waals surface area contributed by atoms with Crippen molar-refractivity contribution < 1.29 is 9.59 Å². The van der Waals surface area contributed by atoms with E-state index in [9.17, 15) is 9.59 Å². The summed E-state index contributed by atoms with van der Waals surface area (Å²) in [5.41, 5.74) is -0.177. The normalized spacial score (nSPS) is 34.4. The molecule has 0 aromatic carbocycles. The third kappa shape index (κ3) is 1.59. The van der Waals surface area contributed by atoms with Crippen LogP contribution >= 0.6 is 11.6 Å². The Balaban J connectivity index is 1.91. The standard InChI is InChI=1S/C9H13ClN2O2/c10-4-7(13)11-5-9-2-1-6(3-9)8(14)12-9/h6H,1-5H2,(H,11,13)(H,12,14). The molecule has 1 aliphatic heterocycles. The Hall–Kier alpha value is -0.770. The number of halogens is 1. The van der Waals surface area contributed by atoms with Gasteiger partial charge >= 0.3 is 0 Å². The van der Waals surface area contributed by atoms with Gasteiger partial charge < -0.3 is 10.6 Å². The fourth-order valence-electron chi connectivity index (χ4n) is 2.35. The number of alkyl halides is 1. The molecule has 2 amide bonds. The maximum Gasteiger partial charge on any atom is 0.235 e. The number of fused-ring (bicyclic) bond motifs is 2. The number of rotatable bonds is 3. The molecule has 0 aromatic heterocycles. The first-order valence-corrected chi connectivity index (χ1v) is 5.33. The van der Waals surface area contributed by atoms with Crippen LogP contribution < -0.4 is 10.6 Å². The minimum absolute atomic E-state index is 0.0204. The van der Waals surface area contributed by atoms with E-state index in [-0.39, 0.29) is 29.2 Å². The van der Waals surface area contributed by atoms with E-state index < -0.39 is 0 Å². The summed E-state index contributed by atoms with van der Waals surface area (Å²) in [5.74, 6) is 0.109. The predicted molar refractivity (Wildman–Crippen MR) is 51.9 cm³/mol. The van der Waals surface area contributed by atoms with E-state index >= 15 is 0 Å². The maximum absolute atomic E-state index is 11.3. The van der Waals surface area contributed by atoms with Gasteiger partial charge in [-0.1, -0.05) is 0 Å². The lowest BCUT2D eigenvalue weighted by atomic mass is 9.99. The number of carbonyl (C=O) groups excluding carboxylic acids is 2. The Kier molecular flexibility index (Phi) is 2.39. The first-order valence-electron chi connectivity index (χ1n) is 4.80. The predicted octanol–water partition coefficient (Wildman–Crippen LogP) is 0.0101. The first-order chi connectivity index (χ1) is 6.65. The average Bonchev–Trinajstić information content (AvgIpc) is 2.71. The largest absolute Gasteiger partial charge is 0.353 e. The zero-order valence-corrected chi connectivity index (χ0v) is 8.56. The SMILES string of the molecule is O=C(CCl)NCC12CCC(C1)C(=O)N2. The van der Waals surface area contributed by atoms with Gasteiger partial charge in [0.05, 0.1) is 5.54 Å². The molecule has 5 heteroatoms. The highest BCUT2D eigenvalue weighted by Crippen LogP contribution is 2.39. The molecule has 0 spiro atoms. The van der Waals surface area contributed by atoms with Crippen LogP contribution in [0.3, 0.4) is 0 Å². The van der Waals surface area contributed by atoms with Crippen LogP contribution in [-0.2, 0) is 9.59 Å². The minimum Gasteiger partial charge on any atom is -0.353 e. The molecule has 0 radical (unpaired) electrons. The van der Waals surface area contributed by atoms with Crippen molar-refractivity contribution in [3.05, 3.63) is 0 Å². The fraction of sp³-hybridized carbons (Fsp3) is 0.778. The Bertz CT molecular complexity index is 282. The van der Waals surface area contributed by atoms with E-state index in [2.05, 4.69) is 10.6 Å². The molecule has 4 nitrogen and oxygen atoms in total. The molecule has 2 N–H and O–H groups in total. The summed E-state index contributed by atoms with van der Waals surface area (Å²) in [4.78, 5) is 22.3. The molecule has 2 unspecified atom stereocenters. The van der Waals surface area contributed by atoms with Crippen LogP contribution in [0.25, 0.3) is 0 Å². The first kappa shape index (κ1) is 9.77. The second-order valence-electron chi connectivity index (χ2n) is 4.12. The smallest absolute Gasteiger partial charge is 0.235 e. The minimum atomic E-state index is -0.177. The molecule has 0 aromatic rings. The molecule has 2 fully saturated rings. The summed E-state index contributed by atoms with van der Waals surface area (Å²) in [6.07, 6.45) is 2.77. The topological polar surface area (TPSA) is 58.2 Å². The van der Waals surface area contributed by atoms with Crippen LogP contribution in [-0.4, -0.2) is 29.8 Å². The Morgan fingerprint density at radius 3 is 3.00 bits per heavy atom.